The Kier molecular flexibility index (Phi) is 6.15. The molecular weight excluding hydrogens is 360 g/mol. The lowest BCUT2D eigenvalue weighted by molar-refractivity contribution is -0.125. The molecule has 148 valence electrons. The molecule has 3 aromatic rings. The summed E-state index contributed by atoms with van der Waals surface area (Å²) in [5.41, 5.74) is 3.26. The van der Waals surface area contributed by atoms with Gasteiger partial charge in [-0.3, -0.25) is 4.79 Å². The van der Waals surface area contributed by atoms with Gasteiger partial charge in [-0.15, -0.1) is 0 Å². The minimum Gasteiger partial charge on any atom is -0.356 e. The summed E-state index contributed by atoms with van der Waals surface area (Å²) in [6.45, 7) is 2.36. The summed E-state index contributed by atoms with van der Waals surface area (Å²) >= 11 is 0. The van der Waals surface area contributed by atoms with Crippen molar-refractivity contribution in [2.75, 3.05) is 24.5 Å². The number of nitrogens with zero attached hydrogens (tertiary/aromatic N) is 3. The summed E-state index contributed by atoms with van der Waals surface area (Å²) in [5, 5.41) is 3.10. The molecule has 1 saturated heterocycles. The zero-order valence-electron chi connectivity index (χ0n) is 16.5. The molecule has 1 N–H and O–H groups in total. The maximum absolute atomic E-state index is 12.5. The fourth-order valence-electron chi connectivity index (χ4n) is 3.78. The molecule has 1 amide bonds. The standard InChI is InChI=1S/C24H26N4O/c29-24(25-14-11-19-7-3-1-4-8-19)21-12-15-28(16-13-21)23-17-22(26-18-27-23)20-9-5-2-6-10-20/h1-10,17-18,21H,11-16H2,(H,25,29). The van der Waals surface area contributed by atoms with E-state index < -0.39 is 0 Å². The minimum atomic E-state index is 0.0810. The van der Waals surface area contributed by atoms with Crippen LogP contribution >= 0.6 is 0 Å². The first-order valence-electron chi connectivity index (χ1n) is 10.2. The Bertz CT molecular complexity index is 922. The van der Waals surface area contributed by atoms with Crippen LogP contribution in [0.2, 0.25) is 0 Å². The van der Waals surface area contributed by atoms with E-state index in [0.29, 0.717) is 6.54 Å². The average Bonchev–Trinajstić information content (AvgIpc) is 2.80. The Morgan fingerprint density at radius 1 is 0.966 bits per heavy atom. The molecule has 4 rings (SSSR count). The predicted octanol–water partition coefficient (Wildman–Crippen LogP) is 3.72. The van der Waals surface area contributed by atoms with Gasteiger partial charge in [0.25, 0.3) is 0 Å². The SMILES string of the molecule is O=C(NCCc1ccccc1)C1CCN(c2cc(-c3ccccc3)ncn2)CC1. The molecule has 0 aliphatic carbocycles. The third kappa shape index (κ3) is 4.99. The number of piperidine rings is 1. The maximum atomic E-state index is 12.5. The number of rotatable bonds is 6. The molecule has 1 aliphatic rings. The molecule has 1 aliphatic heterocycles. The number of nitrogens with one attached hydrogen (secondary N) is 1. The van der Waals surface area contributed by atoms with Crippen LogP contribution in [-0.2, 0) is 11.2 Å². The highest BCUT2D eigenvalue weighted by molar-refractivity contribution is 5.79. The molecule has 5 nitrogen and oxygen atoms in total. The number of hydrogen-bond donors (Lipinski definition) is 1. The summed E-state index contributed by atoms with van der Waals surface area (Å²) in [6, 6.07) is 22.4. The van der Waals surface area contributed by atoms with Gasteiger partial charge in [0.1, 0.15) is 12.1 Å². The van der Waals surface area contributed by atoms with E-state index in [1.165, 1.54) is 5.56 Å². The van der Waals surface area contributed by atoms with E-state index in [4.69, 9.17) is 0 Å². The van der Waals surface area contributed by atoms with Crippen molar-refractivity contribution >= 4 is 11.7 Å². The number of anilines is 1. The molecule has 2 heterocycles. The van der Waals surface area contributed by atoms with Gasteiger partial charge in [-0.25, -0.2) is 9.97 Å². The summed E-state index contributed by atoms with van der Waals surface area (Å²) in [7, 11) is 0. The van der Waals surface area contributed by atoms with Gasteiger partial charge in [-0.2, -0.15) is 0 Å². The number of amides is 1. The molecule has 29 heavy (non-hydrogen) atoms. The monoisotopic (exact) mass is 386 g/mol. The maximum Gasteiger partial charge on any atom is 0.223 e. The van der Waals surface area contributed by atoms with Crippen LogP contribution in [0.25, 0.3) is 11.3 Å². The van der Waals surface area contributed by atoms with Gasteiger partial charge in [0.15, 0.2) is 0 Å². The number of benzene rings is 2. The second-order valence-electron chi connectivity index (χ2n) is 7.42. The van der Waals surface area contributed by atoms with Gasteiger partial charge < -0.3 is 10.2 Å². The minimum absolute atomic E-state index is 0.0810. The van der Waals surface area contributed by atoms with Crippen LogP contribution < -0.4 is 10.2 Å². The number of carbonyl (C=O) groups excluding carboxylic acids is 1. The van der Waals surface area contributed by atoms with Gasteiger partial charge in [0, 0.05) is 37.2 Å². The molecule has 0 bridgehead atoms. The highest BCUT2D eigenvalue weighted by Crippen LogP contribution is 2.25. The normalized spacial score (nSPS) is 14.6. The van der Waals surface area contributed by atoms with Crippen LogP contribution in [0.5, 0.6) is 0 Å². The summed E-state index contributed by atoms with van der Waals surface area (Å²) in [6.07, 6.45) is 4.19. The second-order valence-corrected chi connectivity index (χ2v) is 7.42. The van der Waals surface area contributed by atoms with E-state index in [9.17, 15) is 4.79 Å². The molecule has 1 aromatic heterocycles. The van der Waals surface area contributed by atoms with Crippen molar-refractivity contribution in [3.05, 3.63) is 78.6 Å². The first-order valence-corrected chi connectivity index (χ1v) is 10.2. The molecule has 0 radical (unpaired) electrons. The topological polar surface area (TPSA) is 58.1 Å². The highest BCUT2D eigenvalue weighted by Gasteiger charge is 2.25. The molecule has 5 heteroatoms. The molecule has 2 aromatic carbocycles. The Labute approximate surface area is 171 Å². The van der Waals surface area contributed by atoms with E-state index in [1.807, 2.05) is 42.5 Å². The lowest BCUT2D eigenvalue weighted by atomic mass is 9.95. The molecule has 0 atom stereocenters. The van der Waals surface area contributed by atoms with Crippen molar-refractivity contribution in [1.82, 2.24) is 15.3 Å². The van der Waals surface area contributed by atoms with Crippen LogP contribution in [0.15, 0.2) is 73.1 Å². The summed E-state index contributed by atoms with van der Waals surface area (Å²) in [5.74, 6) is 1.19. The number of carbonyl (C=O) groups is 1. The lowest BCUT2D eigenvalue weighted by Crippen LogP contribution is -2.41. The van der Waals surface area contributed by atoms with E-state index in [0.717, 1.165) is 49.4 Å². The number of hydrogen-bond acceptors (Lipinski definition) is 4. The van der Waals surface area contributed by atoms with Gasteiger partial charge >= 0.3 is 0 Å². The second kappa shape index (κ2) is 9.32. The van der Waals surface area contributed by atoms with Gasteiger partial charge in [-0.05, 0) is 24.8 Å². The molecule has 0 saturated carbocycles. The van der Waals surface area contributed by atoms with Crippen LogP contribution in [-0.4, -0.2) is 35.5 Å². The fourth-order valence-corrected chi connectivity index (χ4v) is 3.78. The van der Waals surface area contributed by atoms with E-state index in [1.54, 1.807) is 6.33 Å². The Morgan fingerprint density at radius 3 is 2.38 bits per heavy atom. The zero-order chi connectivity index (χ0) is 19.9. The van der Waals surface area contributed by atoms with Crippen LogP contribution in [0, 0.1) is 5.92 Å². The quantitative estimate of drug-likeness (QED) is 0.701. The van der Waals surface area contributed by atoms with E-state index in [2.05, 4.69) is 44.5 Å². The van der Waals surface area contributed by atoms with Crippen LogP contribution in [0.3, 0.4) is 0 Å². The number of aromatic nitrogens is 2. The average molecular weight is 386 g/mol. The van der Waals surface area contributed by atoms with Crippen LogP contribution in [0.4, 0.5) is 5.82 Å². The van der Waals surface area contributed by atoms with E-state index >= 15 is 0 Å². The van der Waals surface area contributed by atoms with Crippen molar-refractivity contribution in [3.63, 3.8) is 0 Å². The fraction of sp³-hybridized carbons (Fsp3) is 0.292. The van der Waals surface area contributed by atoms with Gasteiger partial charge in [-0.1, -0.05) is 60.7 Å². The van der Waals surface area contributed by atoms with Crippen molar-refractivity contribution in [2.24, 2.45) is 5.92 Å². The van der Waals surface area contributed by atoms with E-state index in [-0.39, 0.29) is 11.8 Å². The lowest BCUT2D eigenvalue weighted by Gasteiger charge is -2.32. The van der Waals surface area contributed by atoms with Crippen LogP contribution in [0.1, 0.15) is 18.4 Å². The largest absolute Gasteiger partial charge is 0.356 e. The van der Waals surface area contributed by atoms with Crippen molar-refractivity contribution in [1.29, 1.82) is 0 Å². The molecule has 1 fully saturated rings. The third-order valence-electron chi connectivity index (χ3n) is 5.47. The first kappa shape index (κ1) is 19.1. The zero-order valence-corrected chi connectivity index (χ0v) is 16.5. The molecular formula is C24H26N4O. The Balaban J connectivity index is 1.28. The van der Waals surface area contributed by atoms with Gasteiger partial charge in [0.05, 0.1) is 5.69 Å². The smallest absolute Gasteiger partial charge is 0.223 e. The first-order chi connectivity index (χ1) is 14.3. The van der Waals surface area contributed by atoms with Crippen molar-refractivity contribution in [2.45, 2.75) is 19.3 Å². The Hall–Kier alpha value is -3.21. The Morgan fingerprint density at radius 2 is 1.66 bits per heavy atom. The third-order valence-corrected chi connectivity index (χ3v) is 5.47. The highest BCUT2D eigenvalue weighted by atomic mass is 16.1. The predicted molar refractivity (Wildman–Crippen MR) is 116 cm³/mol. The molecule has 0 spiro atoms. The summed E-state index contributed by atoms with van der Waals surface area (Å²) in [4.78, 5) is 23.6. The molecule has 0 unspecified atom stereocenters. The van der Waals surface area contributed by atoms with Crippen molar-refractivity contribution in [3.8, 4) is 11.3 Å². The summed E-state index contributed by atoms with van der Waals surface area (Å²) < 4.78 is 0. The van der Waals surface area contributed by atoms with Crippen molar-refractivity contribution < 1.29 is 4.79 Å². The van der Waals surface area contributed by atoms with Gasteiger partial charge in [0.2, 0.25) is 5.91 Å².